The first-order valence-electron chi connectivity index (χ1n) is 9.65. The summed E-state index contributed by atoms with van der Waals surface area (Å²) in [5, 5.41) is 4.81. The van der Waals surface area contributed by atoms with E-state index < -0.39 is 17.8 Å². The van der Waals surface area contributed by atoms with Gasteiger partial charge in [0.2, 0.25) is 0 Å². The fourth-order valence-corrected chi connectivity index (χ4v) is 3.27. The predicted molar refractivity (Wildman–Crippen MR) is 114 cm³/mol. The number of amides is 2. The van der Waals surface area contributed by atoms with Crippen molar-refractivity contribution >= 4 is 28.4 Å². The van der Waals surface area contributed by atoms with Gasteiger partial charge in [-0.3, -0.25) is 0 Å². The number of para-hydroxylation sites is 3. The lowest BCUT2D eigenvalue weighted by atomic mass is 10.1. The number of hydrogen-bond donors (Lipinski definition) is 3. The molecular formula is C23H19F3N4O. The van der Waals surface area contributed by atoms with E-state index in [1.54, 1.807) is 12.1 Å². The third-order valence-corrected chi connectivity index (χ3v) is 4.78. The van der Waals surface area contributed by atoms with Crippen LogP contribution in [0.3, 0.4) is 0 Å². The smallest absolute Gasteiger partial charge is 0.342 e. The van der Waals surface area contributed by atoms with E-state index in [9.17, 15) is 18.0 Å². The van der Waals surface area contributed by atoms with Gasteiger partial charge in [0.25, 0.3) is 0 Å². The van der Waals surface area contributed by atoms with Gasteiger partial charge in [-0.05, 0) is 48.4 Å². The van der Waals surface area contributed by atoms with Crippen LogP contribution < -0.4 is 10.6 Å². The molecule has 2 amide bonds. The molecule has 1 heterocycles. The zero-order valence-electron chi connectivity index (χ0n) is 16.3. The van der Waals surface area contributed by atoms with E-state index in [2.05, 4.69) is 20.6 Å². The molecule has 0 unspecified atom stereocenters. The molecule has 3 N–H and O–H groups in total. The molecule has 0 aliphatic carbocycles. The number of aromatic nitrogens is 2. The highest BCUT2D eigenvalue weighted by atomic mass is 19.4. The number of carbonyl (C=O) groups is 1. The zero-order chi connectivity index (χ0) is 21.8. The van der Waals surface area contributed by atoms with E-state index in [1.165, 1.54) is 18.2 Å². The number of benzene rings is 3. The average Bonchev–Trinajstić information content (AvgIpc) is 3.16. The van der Waals surface area contributed by atoms with Gasteiger partial charge < -0.3 is 15.6 Å². The van der Waals surface area contributed by atoms with Gasteiger partial charge in [-0.15, -0.1) is 0 Å². The molecule has 4 aromatic rings. The predicted octanol–water partition coefficient (Wildman–Crippen LogP) is 6.01. The standard InChI is InChI=1S/C23H19F3N4O/c24-23(25,26)17-5-1-2-6-18(17)30-22(31)27-16-12-9-15(10-13-16)11-14-21-28-19-7-3-4-8-20(19)29-21/h1-10,12-13H,11,14H2,(H,28,29)(H2,27,30,31). The van der Waals surface area contributed by atoms with Gasteiger partial charge in [0.05, 0.1) is 22.3 Å². The van der Waals surface area contributed by atoms with Gasteiger partial charge in [-0.25, -0.2) is 9.78 Å². The minimum atomic E-state index is -4.55. The second-order valence-corrected chi connectivity index (χ2v) is 7.02. The Kier molecular flexibility index (Phi) is 5.62. The molecule has 8 heteroatoms. The number of aryl methyl sites for hydroxylation is 2. The zero-order valence-corrected chi connectivity index (χ0v) is 16.3. The number of alkyl halides is 3. The van der Waals surface area contributed by atoms with Crippen molar-refractivity contribution in [1.29, 1.82) is 0 Å². The summed E-state index contributed by atoms with van der Waals surface area (Å²) < 4.78 is 39.1. The molecule has 0 radical (unpaired) electrons. The van der Waals surface area contributed by atoms with Crippen LogP contribution in [-0.2, 0) is 19.0 Å². The lowest BCUT2D eigenvalue weighted by Crippen LogP contribution is -2.21. The van der Waals surface area contributed by atoms with Gasteiger partial charge >= 0.3 is 12.2 Å². The van der Waals surface area contributed by atoms with Gasteiger partial charge in [-0.2, -0.15) is 13.2 Å². The van der Waals surface area contributed by atoms with Crippen molar-refractivity contribution in [2.45, 2.75) is 19.0 Å². The molecule has 0 spiro atoms. The van der Waals surface area contributed by atoms with Crippen LogP contribution in [0.15, 0.2) is 72.8 Å². The number of aromatic amines is 1. The maximum Gasteiger partial charge on any atom is 0.418 e. The maximum atomic E-state index is 13.0. The van der Waals surface area contributed by atoms with Crippen molar-refractivity contribution in [2.75, 3.05) is 10.6 Å². The highest BCUT2D eigenvalue weighted by Gasteiger charge is 2.33. The molecule has 31 heavy (non-hydrogen) atoms. The van der Waals surface area contributed by atoms with Crippen molar-refractivity contribution in [2.24, 2.45) is 0 Å². The van der Waals surface area contributed by atoms with E-state index in [0.29, 0.717) is 5.69 Å². The van der Waals surface area contributed by atoms with Crippen molar-refractivity contribution in [3.05, 3.63) is 89.7 Å². The summed E-state index contributed by atoms with van der Waals surface area (Å²) in [6, 6.07) is 19.1. The Labute approximate surface area is 176 Å². The number of urea groups is 1. The van der Waals surface area contributed by atoms with Crippen LogP contribution in [0.25, 0.3) is 11.0 Å². The SMILES string of the molecule is O=C(Nc1ccc(CCc2nc3ccccc3[nH]2)cc1)Nc1ccccc1C(F)(F)F. The molecule has 0 atom stereocenters. The van der Waals surface area contributed by atoms with E-state index >= 15 is 0 Å². The number of carbonyl (C=O) groups excluding carboxylic acids is 1. The molecule has 5 nitrogen and oxygen atoms in total. The first-order chi connectivity index (χ1) is 14.9. The van der Waals surface area contributed by atoms with Crippen molar-refractivity contribution in [3.63, 3.8) is 0 Å². The number of halogens is 3. The first kappa shape index (κ1) is 20.5. The molecule has 3 aromatic carbocycles. The average molecular weight is 424 g/mol. The summed E-state index contributed by atoms with van der Waals surface area (Å²) in [6.45, 7) is 0. The number of nitrogens with zero attached hydrogens (tertiary/aromatic N) is 1. The summed E-state index contributed by atoms with van der Waals surface area (Å²) >= 11 is 0. The second kappa shape index (κ2) is 8.51. The van der Waals surface area contributed by atoms with E-state index in [4.69, 9.17) is 0 Å². The van der Waals surface area contributed by atoms with Gasteiger partial charge in [-0.1, -0.05) is 36.4 Å². The number of fused-ring (bicyclic) bond motifs is 1. The molecule has 0 aliphatic heterocycles. The van der Waals surface area contributed by atoms with Crippen LogP contribution in [0.5, 0.6) is 0 Å². The van der Waals surface area contributed by atoms with Crippen LogP contribution in [-0.4, -0.2) is 16.0 Å². The molecule has 1 aromatic heterocycles. The summed E-state index contributed by atoms with van der Waals surface area (Å²) in [5.74, 6) is 0.895. The fourth-order valence-electron chi connectivity index (χ4n) is 3.27. The summed E-state index contributed by atoms with van der Waals surface area (Å²) in [7, 11) is 0. The van der Waals surface area contributed by atoms with Crippen LogP contribution in [0, 0.1) is 0 Å². The van der Waals surface area contributed by atoms with E-state index in [0.717, 1.165) is 41.3 Å². The second-order valence-electron chi connectivity index (χ2n) is 7.02. The van der Waals surface area contributed by atoms with Crippen LogP contribution in [0.2, 0.25) is 0 Å². The fraction of sp³-hybridized carbons (Fsp3) is 0.130. The minimum Gasteiger partial charge on any atom is -0.342 e. The molecule has 0 fully saturated rings. The minimum absolute atomic E-state index is 0.296. The number of anilines is 2. The molecule has 158 valence electrons. The monoisotopic (exact) mass is 424 g/mol. The first-order valence-corrected chi connectivity index (χ1v) is 9.65. The normalized spacial score (nSPS) is 11.5. The summed E-state index contributed by atoms with van der Waals surface area (Å²) in [5.41, 5.74) is 2.26. The summed E-state index contributed by atoms with van der Waals surface area (Å²) in [4.78, 5) is 20.0. The Balaban J connectivity index is 1.35. The molecule has 0 aliphatic rings. The highest BCUT2D eigenvalue weighted by molar-refractivity contribution is 6.00. The quantitative estimate of drug-likeness (QED) is 0.367. The van der Waals surface area contributed by atoms with Gasteiger partial charge in [0.1, 0.15) is 5.82 Å². The van der Waals surface area contributed by atoms with Crippen LogP contribution in [0.1, 0.15) is 17.0 Å². The van der Waals surface area contributed by atoms with Crippen molar-refractivity contribution in [3.8, 4) is 0 Å². The number of rotatable bonds is 5. The molecule has 0 saturated carbocycles. The maximum absolute atomic E-state index is 13.0. The van der Waals surface area contributed by atoms with E-state index in [-0.39, 0.29) is 5.69 Å². The van der Waals surface area contributed by atoms with E-state index in [1.807, 2.05) is 36.4 Å². The highest BCUT2D eigenvalue weighted by Crippen LogP contribution is 2.34. The lowest BCUT2D eigenvalue weighted by molar-refractivity contribution is -0.136. The van der Waals surface area contributed by atoms with Gasteiger partial charge in [0, 0.05) is 12.1 Å². The third kappa shape index (κ3) is 5.03. The Morgan fingerprint density at radius 1 is 0.871 bits per heavy atom. The van der Waals surface area contributed by atoms with Gasteiger partial charge in [0.15, 0.2) is 0 Å². The Bertz CT molecular complexity index is 1170. The summed E-state index contributed by atoms with van der Waals surface area (Å²) in [6.07, 6.45) is -3.06. The Morgan fingerprint density at radius 3 is 2.32 bits per heavy atom. The van der Waals surface area contributed by atoms with Crippen LogP contribution in [0.4, 0.5) is 29.3 Å². The molecule has 4 rings (SSSR count). The van der Waals surface area contributed by atoms with Crippen LogP contribution >= 0.6 is 0 Å². The Morgan fingerprint density at radius 2 is 1.58 bits per heavy atom. The van der Waals surface area contributed by atoms with Crippen molar-refractivity contribution in [1.82, 2.24) is 9.97 Å². The number of imidazole rings is 1. The van der Waals surface area contributed by atoms with Crippen molar-refractivity contribution < 1.29 is 18.0 Å². The number of nitrogens with one attached hydrogen (secondary N) is 3. The topological polar surface area (TPSA) is 69.8 Å². The third-order valence-electron chi connectivity index (χ3n) is 4.78. The lowest BCUT2D eigenvalue weighted by Gasteiger charge is -2.14. The molecule has 0 saturated heterocycles. The number of H-pyrrole nitrogens is 1. The number of hydrogen-bond acceptors (Lipinski definition) is 2. The molecular weight excluding hydrogens is 405 g/mol. The largest absolute Gasteiger partial charge is 0.418 e. The molecule has 0 bridgehead atoms. The Hall–Kier alpha value is -3.81.